The van der Waals surface area contributed by atoms with Gasteiger partial charge in [-0.15, -0.1) is 0 Å². The van der Waals surface area contributed by atoms with Crippen molar-refractivity contribution in [2.75, 3.05) is 18.6 Å². The summed E-state index contributed by atoms with van der Waals surface area (Å²) in [5.74, 6) is -0.671. The molecule has 9 heteroatoms. The first kappa shape index (κ1) is 25.1. The van der Waals surface area contributed by atoms with E-state index in [-0.39, 0.29) is 39.4 Å². The van der Waals surface area contributed by atoms with Crippen molar-refractivity contribution in [1.82, 2.24) is 0 Å². The Morgan fingerprint density at radius 2 is 1.26 bits per heavy atom. The topological polar surface area (TPSA) is 144 Å². The Labute approximate surface area is 222 Å². The van der Waals surface area contributed by atoms with Crippen molar-refractivity contribution < 1.29 is 28.2 Å². The Bertz CT molecular complexity index is 1740. The second-order valence-corrected chi connectivity index (χ2v) is 8.52. The molecule has 0 aliphatic heterocycles. The van der Waals surface area contributed by atoms with Gasteiger partial charge in [0.15, 0.2) is 16.8 Å². The lowest BCUT2D eigenvalue weighted by molar-refractivity contribution is 0.0733. The quantitative estimate of drug-likeness (QED) is 0.177. The molecule has 4 aromatic carbocycles. The number of hydrogen-bond acceptors (Lipinski definition) is 9. The number of nitrogens with two attached hydrogens (primary N) is 2. The fraction of sp³-hybridized carbons (Fsp3) is 0.0333. The highest BCUT2D eigenvalue weighted by Gasteiger charge is 2.19. The van der Waals surface area contributed by atoms with Gasteiger partial charge >= 0.3 is 11.9 Å². The number of fused-ring (bicyclic) bond motifs is 1. The molecule has 0 unspecified atom stereocenters. The smallest absolute Gasteiger partial charge is 0.343 e. The van der Waals surface area contributed by atoms with E-state index in [1.54, 1.807) is 55.6 Å². The van der Waals surface area contributed by atoms with E-state index < -0.39 is 17.4 Å². The number of ether oxygens (including phenoxy) is 3. The number of nitrogen functional groups attached to an aromatic ring is 2. The monoisotopic (exact) mass is 522 g/mol. The predicted octanol–water partition coefficient (Wildman–Crippen LogP) is 5.07. The van der Waals surface area contributed by atoms with Gasteiger partial charge < -0.3 is 30.1 Å². The molecule has 194 valence electrons. The minimum atomic E-state index is -0.726. The van der Waals surface area contributed by atoms with Crippen LogP contribution in [-0.2, 0) is 0 Å². The molecule has 0 saturated heterocycles. The van der Waals surface area contributed by atoms with Crippen LogP contribution in [-0.4, -0.2) is 19.0 Å². The molecular weight excluding hydrogens is 500 g/mol. The van der Waals surface area contributed by atoms with E-state index >= 15 is 0 Å². The zero-order valence-electron chi connectivity index (χ0n) is 20.7. The summed E-state index contributed by atoms with van der Waals surface area (Å²) >= 11 is 0. The molecule has 39 heavy (non-hydrogen) atoms. The SMILES string of the molecule is COc1ccc(-c2cc(=O)c3cc(OC(=O)c4ccc(N)cc4)cc(OC(=O)c4ccc(N)cc4)c3o2)cc1. The Hall–Kier alpha value is -5.57. The van der Waals surface area contributed by atoms with Gasteiger partial charge in [-0.05, 0) is 78.9 Å². The highest BCUT2D eigenvalue weighted by atomic mass is 16.5. The van der Waals surface area contributed by atoms with Crippen LogP contribution in [0.5, 0.6) is 17.2 Å². The van der Waals surface area contributed by atoms with Gasteiger partial charge in [0.1, 0.15) is 17.3 Å². The summed E-state index contributed by atoms with van der Waals surface area (Å²) in [6, 6.07) is 23.1. The van der Waals surface area contributed by atoms with E-state index in [1.165, 1.54) is 42.5 Å². The average Bonchev–Trinajstić information content (AvgIpc) is 2.94. The van der Waals surface area contributed by atoms with Crippen LogP contribution in [0.2, 0.25) is 0 Å². The van der Waals surface area contributed by atoms with Gasteiger partial charge in [0, 0.05) is 29.1 Å². The highest BCUT2D eigenvalue weighted by molar-refractivity contribution is 5.96. The van der Waals surface area contributed by atoms with Crippen LogP contribution >= 0.6 is 0 Å². The van der Waals surface area contributed by atoms with Crippen LogP contribution < -0.4 is 31.1 Å². The number of rotatable bonds is 6. The summed E-state index contributed by atoms with van der Waals surface area (Å²) in [6.45, 7) is 0. The molecule has 5 aromatic rings. The summed E-state index contributed by atoms with van der Waals surface area (Å²) in [5, 5.41) is 0.0509. The third-order valence-corrected chi connectivity index (χ3v) is 5.85. The number of hydrogen-bond donors (Lipinski definition) is 2. The fourth-order valence-corrected chi connectivity index (χ4v) is 3.80. The largest absolute Gasteiger partial charge is 0.497 e. The first-order chi connectivity index (χ1) is 18.8. The number of benzene rings is 4. The number of carbonyl (C=O) groups excluding carboxylic acids is 2. The highest BCUT2D eigenvalue weighted by Crippen LogP contribution is 2.34. The zero-order chi connectivity index (χ0) is 27.5. The summed E-state index contributed by atoms with van der Waals surface area (Å²) in [6.07, 6.45) is 0. The van der Waals surface area contributed by atoms with Gasteiger partial charge in [-0.3, -0.25) is 4.79 Å². The van der Waals surface area contributed by atoms with Gasteiger partial charge in [-0.25, -0.2) is 9.59 Å². The van der Waals surface area contributed by atoms with Crippen LogP contribution in [0.4, 0.5) is 11.4 Å². The van der Waals surface area contributed by atoms with Crippen molar-refractivity contribution in [2.24, 2.45) is 0 Å². The van der Waals surface area contributed by atoms with Crippen molar-refractivity contribution in [1.29, 1.82) is 0 Å². The molecule has 0 saturated carbocycles. The average molecular weight is 523 g/mol. The van der Waals surface area contributed by atoms with Crippen molar-refractivity contribution in [3.8, 4) is 28.6 Å². The van der Waals surface area contributed by atoms with Gasteiger partial charge in [0.2, 0.25) is 0 Å². The molecule has 5 rings (SSSR count). The van der Waals surface area contributed by atoms with E-state index in [0.29, 0.717) is 22.7 Å². The van der Waals surface area contributed by atoms with Crippen molar-refractivity contribution in [3.63, 3.8) is 0 Å². The van der Waals surface area contributed by atoms with Crippen LogP contribution in [0.3, 0.4) is 0 Å². The predicted molar refractivity (Wildman–Crippen MR) is 146 cm³/mol. The van der Waals surface area contributed by atoms with E-state index in [2.05, 4.69) is 0 Å². The molecule has 0 amide bonds. The number of carbonyl (C=O) groups is 2. The van der Waals surface area contributed by atoms with Crippen molar-refractivity contribution in [3.05, 3.63) is 112 Å². The maximum atomic E-state index is 13.2. The molecule has 0 bridgehead atoms. The zero-order valence-corrected chi connectivity index (χ0v) is 20.7. The number of anilines is 2. The third kappa shape index (κ3) is 5.42. The second-order valence-electron chi connectivity index (χ2n) is 8.52. The first-order valence-corrected chi connectivity index (χ1v) is 11.7. The molecule has 1 aromatic heterocycles. The van der Waals surface area contributed by atoms with Crippen LogP contribution in [0.25, 0.3) is 22.3 Å². The third-order valence-electron chi connectivity index (χ3n) is 5.85. The Kier molecular flexibility index (Phi) is 6.71. The lowest BCUT2D eigenvalue weighted by atomic mass is 10.1. The maximum Gasteiger partial charge on any atom is 0.343 e. The lowest BCUT2D eigenvalue weighted by Crippen LogP contribution is -2.12. The molecule has 1 heterocycles. The van der Waals surface area contributed by atoms with Gasteiger partial charge in [0.25, 0.3) is 0 Å². The normalized spacial score (nSPS) is 10.7. The van der Waals surface area contributed by atoms with E-state index in [9.17, 15) is 14.4 Å². The minimum Gasteiger partial charge on any atom is -0.497 e. The van der Waals surface area contributed by atoms with Gasteiger partial charge in [-0.2, -0.15) is 0 Å². The molecule has 0 spiro atoms. The summed E-state index contributed by atoms with van der Waals surface area (Å²) in [7, 11) is 1.55. The molecule has 0 fully saturated rings. The first-order valence-electron chi connectivity index (χ1n) is 11.7. The Morgan fingerprint density at radius 3 is 1.82 bits per heavy atom. The molecule has 0 aliphatic carbocycles. The molecule has 0 aliphatic rings. The summed E-state index contributed by atoms with van der Waals surface area (Å²) in [5.41, 5.74) is 13.0. The fourth-order valence-electron chi connectivity index (χ4n) is 3.80. The van der Waals surface area contributed by atoms with Gasteiger partial charge in [-0.1, -0.05) is 0 Å². The Balaban J connectivity index is 1.59. The van der Waals surface area contributed by atoms with Crippen molar-refractivity contribution >= 4 is 34.3 Å². The van der Waals surface area contributed by atoms with E-state index in [0.717, 1.165) is 0 Å². The van der Waals surface area contributed by atoms with E-state index in [1.807, 2.05) is 0 Å². The summed E-state index contributed by atoms with van der Waals surface area (Å²) in [4.78, 5) is 38.9. The van der Waals surface area contributed by atoms with Crippen molar-refractivity contribution in [2.45, 2.75) is 0 Å². The number of methoxy groups -OCH3 is 1. The molecule has 9 nitrogen and oxygen atoms in total. The molecule has 4 N–H and O–H groups in total. The lowest BCUT2D eigenvalue weighted by Gasteiger charge is -2.12. The van der Waals surface area contributed by atoms with Crippen LogP contribution in [0.1, 0.15) is 20.7 Å². The Morgan fingerprint density at radius 1 is 0.692 bits per heavy atom. The second kappa shape index (κ2) is 10.4. The minimum absolute atomic E-state index is 0.00407. The van der Waals surface area contributed by atoms with Gasteiger partial charge in [0.05, 0.1) is 23.6 Å². The van der Waals surface area contributed by atoms with E-state index in [4.69, 9.17) is 30.1 Å². The number of esters is 2. The molecule has 0 atom stereocenters. The van der Waals surface area contributed by atoms with Crippen LogP contribution in [0.15, 0.2) is 100 Å². The summed E-state index contributed by atoms with van der Waals surface area (Å²) < 4.78 is 22.4. The molecule has 0 radical (unpaired) electrons. The van der Waals surface area contributed by atoms with Crippen LogP contribution in [0, 0.1) is 0 Å². The molecular formula is C30H22N2O7. The maximum absolute atomic E-state index is 13.2. The standard InChI is InChI=1S/C30H22N2O7/c1-36-22-12-6-17(7-13-22)26-16-25(33)24-14-23(37-29(34)18-2-8-20(31)9-3-18)15-27(28(24)38-26)39-30(35)19-4-10-21(32)11-5-19/h2-16H,31-32H2,1H3.